The van der Waals surface area contributed by atoms with Gasteiger partial charge in [0, 0.05) is 61.3 Å². The lowest BCUT2D eigenvalue weighted by Gasteiger charge is -2.43. The lowest BCUT2D eigenvalue weighted by molar-refractivity contribution is -0.0331. The molecule has 4 aromatic rings. The molecule has 0 spiro atoms. The standard InChI is InChI=1S/C37H37ClF2N8O5/c1-36(2,3)53-35(51)47-13-14-52-19-27(47)21-10-11-28(41-15-21)48-20-37(4,24-7-5-8-25(38)30(24)39)29-23(33(48)49)16-42-32(31(29)40)44-22-17-46(18-22)34(50)26-9-6-12-43-45-26/h5-12,15-16,22,27H,13-14,17-20H2,1-4H3,(H,42,44)/t27?,37-/m1/s1. The molecule has 53 heavy (non-hydrogen) atoms. The molecule has 1 aromatic carbocycles. The summed E-state index contributed by atoms with van der Waals surface area (Å²) in [5.74, 6) is -2.37. The number of fused-ring (bicyclic) bond motifs is 1. The molecule has 3 amide bonds. The Morgan fingerprint density at radius 3 is 2.55 bits per heavy atom. The molecule has 3 aliphatic heterocycles. The van der Waals surface area contributed by atoms with Gasteiger partial charge in [0.05, 0.1) is 35.9 Å². The Bertz CT molecular complexity index is 2060. The first-order chi connectivity index (χ1) is 25.2. The van der Waals surface area contributed by atoms with Gasteiger partial charge in [-0.3, -0.25) is 19.4 Å². The number of halogens is 3. The molecule has 0 radical (unpaired) electrons. The Kier molecular flexibility index (Phi) is 9.49. The van der Waals surface area contributed by atoms with E-state index in [1.165, 1.54) is 29.4 Å². The van der Waals surface area contributed by atoms with Gasteiger partial charge >= 0.3 is 6.09 Å². The van der Waals surface area contributed by atoms with E-state index in [1.54, 1.807) is 74.0 Å². The lowest BCUT2D eigenvalue weighted by atomic mass is 9.71. The summed E-state index contributed by atoms with van der Waals surface area (Å²) in [5, 5.41) is 10.5. The number of amides is 3. The van der Waals surface area contributed by atoms with Gasteiger partial charge in [0.25, 0.3) is 11.8 Å². The first-order valence-electron chi connectivity index (χ1n) is 17.1. The van der Waals surface area contributed by atoms with E-state index in [0.29, 0.717) is 18.7 Å². The number of nitrogens with zero attached hydrogens (tertiary/aromatic N) is 7. The van der Waals surface area contributed by atoms with Crippen LogP contribution in [0.15, 0.2) is 61.1 Å². The number of anilines is 2. The van der Waals surface area contributed by atoms with Gasteiger partial charge in [0.2, 0.25) is 0 Å². The topological polar surface area (TPSA) is 143 Å². The van der Waals surface area contributed by atoms with Crippen molar-refractivity contribution in [3.8, 4) is 0 Å². The molecule has 3 aliphatic rings. The highest BCUT2D eigenvalue weighted by molar-refractivity contribution is 6.30. The second-order valence-corrected chi connectivity index (χ2v) is 14.8. The maximum absolute atomic E-state index is 16.8. The highest BCUT2D eigenvalue weighted by Crippen LogP contribution is 2.45. The third-order valence-corrected chi connectivity index (χ3v) is 9.85. The van der Waals surface area contributed by atoms with Gasteiger partial charge in [-0.1, -0.05) is 29.8 Å². The summed E-state index contributed by atoms with van der Waals surface area (Å²) in [4.78, 5) is 53.3. The number of likely N-dealkylation sites (tertiary alicyclic amines) is 1. The van der Waals surface area contributed by atoms with Crippen LogP contribution in [0, 0.1) is 11.6 Å². The van der Waals surface area contributed by atoms with Crippen molar-refractivity contribution in [2.45, 2.75) is 50.8 Å². The quantitative estimate of drug-likeness (QED) is 0.272. The minimum absolute atomic E-state index is 0.0480. The number of hydrogen-bond acceptors (Lipinski definition) is 10. The van der Waals surface area contributed by atoms with Gasteiger partial charge < -0.3 is 19.7 Å². The minimum Gasteiger partial charge on any atom is -0.444 e. The normalized spacial score (nSPS) is 20.5. The molecule has 6 heterocycles. The Hall–Kier alpha value is -5.28. The third kappa shape index (κ3) is 6.86. The van der Waals surface area contributed by atoms with E-state index >= 15 is 8.78 Å². The largest absolute Gasteiger partial charge is 0.444 e. The number of carbonyl (C=O) groups excluding carboxylic acids is 3. The molecular weight excluding hydrogens is 710 g/mol. The number of morpholine rings is 1. The third-order valence-electron chi connectivity index (χ3n) is 9.56. The highest BCUT2D eigenvalue weighted by Gasteiger charge is 2.47. The van der Waals surface area contributed by atoms with Crippen molar-refractivity contribution in [1.82, 2.24) is 30.0 Å². The maximum Gasteiger partial charge on any atom is 0.410 e. The van der Waals surface area contributed by atoms with Crippen molar-refractivity contribution in [2.75, 3.05) is 49.6 Å². The Morgan fingerprint density at radius 2 is 1.85 bits per heavy atom. The van der Waals surface area contributed by atoms with Crippen molar-refractivity contribution in [1.29, 1.82) is 0 Å². The molecule has 2 saturated heterocycles. The number of benzene rings is 1. The van der Waals surface area contributed by atoms with E-state index < -0.39 is 40.7 Å². The summed E-state index contributed by atoms with van der Waals surface area (Å²) in [6.45, 7) is 8.24. The van der Waals surface area contributed by atoms with Gasteiger partial charge in [0.15, 0.2) is 17.3 Å². The lowest BCUT2D eigenvalue weighted by Crippen LogP contribution is -2.57. The molecule has 0 aliphatic carbocycles. The van der Waals surface area contributed by atoms with Crippen LogP contribution in [0.1, 0.15) is 71.3 Å². The molecule has 0 bridgehead atoms. The second kappa shape index (κ2) is 13.9. The van der Waals surface area contributed by atoms with E-state index in [1.807, 2.05) is 0 Å². The average Bonchev–Trinajstić information content (AvgIpc) is 3.12. The monoisotopic (exact) mass is 746 g/mol. The molecule has 16 heteroatoms. The van der Waals surface area contributed by atoms with Crippen LogP contribution in [-0.2, 0) is 14.9 Å². The maximum atomic E-state index is 16.8. The number of rotatable bonds is 6. The second-order valence-electron chi connectivity index (χ2n) is 14.4. The highest BCUT2D eigenvalue weighted by atomic mass is 35.5. The van der Waals surface area contributed by atoms with Gasteiger partial charge in [0.1, 0.15) is 17.2 Å². The van der Waals surface area contributed by atoms with Gasteiger partial charge in [-0.2, -0.15) is 5.10 Å². The molecule has 1 unspecified atom stereocenters. The summed E-state index contributed by atoms with van der Waals surface area (Å²) >= 11 is 6.24. The molecule has 13 nitrogen and oxygen atoms in total. The van der Waals surface area contributed by atoms with Crippen LogP contribution in [-0.4, -0.2) is 98.9 Å². The van der Waals surface area contributed by atoms with Crippen molar-refractivity contribution < 1.29 is 32.6 Å². The first kappa shape index (κ1) is 36.1. The molecule has 1 N–H and O–H groups in total. The van der Waals surface area contributed by atoms with Crippen LogP contribution in [0.2, 0.25) is 5.02 Å². The molecule has 2 fully saturated rings. The smallest absolute Gasteiger partial charge is 0.410 e. The van der Waals surface area contributed by atoms with Crippen LogP contribution >= 0.6 is 11.6 Å². The van der Waals surface area contributed by atoms with Crippen molar-refractivity contribution in [2.24, 2.45) is 0 Å². The summed E-state index contributed by atoms with van der Waals surface area (Å²) in [6, 6.07) is 10.2. The van der Waals surface area contributed by atoms with Gasteiger partial charge in [-0.25, -0.2) is 23.5 Å². The summed E-state index contributed by atoms with van der Waals surface area (Å²) in [7, 11) is 0. The fourth-order valence-corrected chi connectivity index (χ4v) is 7.09. The molecular formula is C37H37ClF2N8O5. The van der Waals surface area contributed by atoms with Gasteiger partial charge in [-0.05, 0) is 57.5 Å². The fourth-order valence-electron chi connectivity index (χ4n) is 6.92. The van der Waals surface area contributed by atoms with Crippen LogP contribution in [0.3, 0.4) is 0 Å². The van der Waals surface area contributed by atoms with E-state index in [-0.39, 0.29) is 77.2 Å². The Labute approximate surface area is 309 Å². The number of carbonyl (C=O) groups is 3. The van der Waals surface area contributed by atoms with Gasteiger partial charge in [-0.15, -0.1) is 5.10 Å². The number of hydrogen-bond donors (Lipinski definition) is 1. The SMILES string of the molecule is CC(C)(C)OC(=O)N1CCOCC1c1ccc(N2C[C@](C)(c3cccc(Cl)c3F)c3c(cnc(NC4CN(C(=O)c5cccnn5)C4)c3F)C2=O)nc1. The van der Waals surface area contributed by atoms with Crippen LogP contribution in [0.4, 0.5) is 25.2 Å². The minimum atomic E-state index is -1.46. The van der Waals surface area contributed by atoms with E-state index in [9.17, 15) is 14.4 Å². The number of nitrogens with one attached hydrogen (secondary N) is 1. The fraction of sp³-hybridized carbons (Fsp3) is 0.378. The average molecular weight is 747 g/mol. The number of pyridine rings is 2. The Morgan fingerprint density at radius 1 is 1.06 bits per heavy atom. The zero-order chi connectivity index (χ0) is 37.7. The molecule has 2 atom stereocenters. The predicted octanol–water partition coefficient (Wildman–Crippen LogP) is 5.41. The number of ether oxygens (including phenoxy) is 2. The zero-order valence-corrected chi connectivity index (χ0v) is 30.2. The van der Waals surface area contributed by atoms with E-state index in [4.69, 9.17) is 21.1 Å². The van der Waals surface area contributed by atoms with Crippen molar-refractivity contribution in [3.63, 3.8) is 0 Å². The first-order valence-corrected chi connectivity index (χ1v) is 17.4. The van der Waals surface area contributed by atoms with Crippen molar-refractivity contribution in [3.05, 3.63) is 106 Å². The molecule has 7 rings (SSSR count). The summed E-state index contributed by atoms with van der Waals surface area (Å²) in [6.07, 6.45) is 3.81. The Balaban J connectivity index is 1.19. The van der Waals surface area contributed by atoms with E-state index in [0.717, 1.165) is 0 Å². The van der Waals surface area contributed by atoms with Crippen molar-refractivity contribution >= 4 is 41.1 Å². The molecule has 3 aromatic heterocycles. The van der Waals surface area contributed by atoms with Crippen LogP contribution in [0.5, 0.6) is 0 Å². The summed E-state index contributed by atoms with van der Waals surface area (Å²) < 4.78 is 43.9. The number of aromatic nitrogens is 4. The van der Waals surface area contributed by atoms with E-state index in [2.05, 4.69) is 25.5 Å². The summed E-state index contributed by atoms with van der Waals surface area (Å²) in [5.41, 5.74) is -1.34. The van der Waals surface area contributed by atoms with Crippen LogP contribution in [0.25, 0.3) is 0 Å². The predicted molar refractivity (Wildman–Crippen MR) is 190 cm³/mol. The zero-order valence-electron chi connectivity index (χ0n) is 29.5. The molecule has 276 valence electrons. The van der Waals surface area contributed by atoms with Crippen LogP contribution < -0.4 is 10.2 Å². The molecule has 0 saturated carbocycles.